The van der Waals surface area contributed by atoms with Crippen molar-refractivity contribution in [3.05, 3.63) is 0 Å². The highest BCUT2D eigenvalue weighted by molar-refractivity contribution is 7.61. The predicted octanol–water partition coefficient (Wildman–Crippen LogP) is 0.135. The van der Waals surface area contributed by atoms with Crippen LogP contribution in [0.5, 0.6) is 0 Å². The molecule has 1 atom stereocenters. The lowest BCUT2D eigenvalue weighted by Gasteiger charge is -1.94. The van der Waals surface area contributed by atoms with Crippen LogP contribution in [0.15, 0.2) is 4.36 Å². The van der Waals surface area contributed by atoms with Crippen molar-refractivity contribution in [3.8, 4) is 0 Å². The second-order valence-corrected chi connectivity index (χ2v) is 2.19. The highest BCUT2D eigenvalue weighted by Gasteiger charge is 2.12. The summed E-state index contributed by atoms with van der Waals surface area (Å²) in [4.78, 5) is 10.3. The molecule has 0 aromatic rings. The Kier molecular flexibility index (Phi) is 3.97. The van der Waals surface area contributed by atoms with E-state index in [1.807, 2.05) is 0 Å². The van der Waals surface area contributed by atoms with Gasteiger partial charge in [0.05, 0.1) is 0 Å². The van der Waals surface area contributed by atoms with Crippen LogP contribution in [0.3, 0.4) is 0 Å². The van der Waals surface area contributed by atoms with Crippen molar-refractivity contribution >= 4 is 28.3 Å². The number of hydrogen-bond donors (Lipinski definition) is 0. The molecule has 0 aromatic carbocycles. The van der Waals surface area contributed by atoms with Gasteiger partial charge in [0.2, 0.25) is 0 Å². The third-order valence-corrected chi connectivity index (χ3v) is 1.30. The van der Waals surface area contributed by atoms with Crippen molar-refractivity contribution in [2.24, 2.45) is 4.36 Å². The molecule has 5 nitrogen and oxygen atoms in total. The van der Waals surface area contributed by atoms with Crippen LogP contribution in [0.1, 0.15) is 6.92 Å². The Morgan fingerprint density at radius 2 is 2.20 bits per heavy atom. The van der Waals surface area contributed by atoms with E-state index in [-0.39, 0.29) is 0 Å². The van der Waals surface area contributed by atoms with Gasteiger partial charge >= 0.3 is 16.5 Å². The van der Waals surface area contributed by atoms with Gasteiger partial charge in [-0.05, 0) is 6.92 Å². The lowest BCUT2D eigenvalue weighted by Crippen LogP contribution is -2.13. The topological polar surface area (TPSA) is 72.8 Å². The summed E-state index contributed by atoms with van der Waals surface area (Å²) in [5.74, 6) is -0.897. The third-order valence-electron chi connectivity index (χ3n) is 0.661. The largest absolute Gasteiger partial charge is 0.350 e. The number of hydrogen-bond acceptors (Lipinski definition) is 5. The molecule has 0 unspecified atom stereocenters. The SMILES string of the molecule is C[C@H](N=S(=O)=O)C(=O)OCl. The van der Waals surface area contributed by atoms with E-state index in [2.05, 4.69) is 20.5 Å². The zero-order chi connectivity index (χ0) is 8.15. The van der Waals surface area contributed by atoms with E-state index in [0.717, 1.165) is 0 Å². The fraction of sp³-hybridized carbons (Fsp3) is 0.667. The quantitative estimate of drug-likeness (QED) is 0.613. The highest BCUT2D eigenvalue weighted by atomic mass is 35.5. The van der Waals surface area contributed by atoms with E-state index in [9.17, 15) is 13.2 Å². The Balaban J connectivity index is 4.24. The Labute approximate surface area is 63.8 Å². The molecule has 0 aliphatic heterocycles. The van der Waals surface area contributed by atoms with Gasteiger partial charge < -0.3 is 4.29 Å². The third kappa shape index (κ3) is 3.41. The van der Waals surface area contributed by atoms with Crippen LogP contribution in [0.25, 0.3) is 0 Å². The van der Waals surface area contributed by atoms with Crippen LogP contribution in [0.2, 0.25) is 0 Å². The molecule has 7 heteroatoms. The Morgan fingerprint density at radius 3 is 2.50 bits per heavy atom. The second kappa shape index (κ2) is 4.24. The molecule has 0 fully saturated rings. The van der Waals surface area contributed by atoms with Crippen molar-refractivity contribution in [2.75, 3.05) is 0 Å². The molecular formula is C3H4ClNO4S. The average molecular weight is 186 g/mol. The Bertz CT molecular complexity index is 237. The van der Waals surface area contributed by atoms with Crippen molar-refractivity contribution < 1.29 is 17.5 Å². The van der Waals surface area contributed by atoms with Crippen molar-refractivity contribution in [3.63, 3.8) is 0 Å². The van der Waals surface area contributed by atoms with Crippen LogP contribution in [0, 0.1) is 0 Å². The normalized spacial score (nSPS) is 11.8. The maximum Gasteiger partial charge on any atom is 0.350 e. The molecule has 0 aromatic heterocycles. The van der Waals surface area contributed by atoms with Crippen molar-refractivity contribution in [1.82, 2.24) is 0 Å². The fourth-order valence-corrected chi connectivity index (χ4v) is 0.710. The molecule has 0 N–H and O–H groups in total. The number of carbonyl (C=O) groups is 1. The summed E-state index contributed by atoms with van der Waals surface area (Å²) in [6.07, 6.45) is 0. The van der Waals surface area contributed by atoms with E-state index < -0.39 is 22.5 Å². The van der Waals surface area contributed by atoms with Gasteiger partial charge in [0.1, 0.15) is 11.9 Å². The molecular weight excluding hydrogens is 182 g/mol. The number of rotatable bonds is 2. The smallest absolute Gasteiger partial charge is 0.345 e. The van der Waals surface area contributed by atoms with Gasteiger partial charge in [-0.15, -0.1) is 0 Å². The minimum atomic E-state index is -2.60. The summed E-state index contributed by atoms with van der Waals surface area (Å²) < 4.78 is 26.2. The van der Waals surface area contributed by atoms with E-state index in [1.165, 1.54) is 6.92 Å². The van der Waals surface area contributed by atoms with Crippen LogP contribution in [-0.4, -0.2) is 20.4 Å². The van der Waals surface area contributed by atoms with Crippen molar-refractivity contribution in [2.45, 2.75) is 13.0 Å². The minimum absolute atomic E-state index is 0.897. The van der Waals surface area contributed by atoms with Gasteiger partial charge in [-0.25, -0.2) is 4.79 Å². The van der Waals surface area contributed by atoms with E-state index >= 15 is 0 Å². The molecule has 10 heavy (non-hydrogen) atoms. The molecule has 0 heterocycles. The molecule has 0 bridgehead atoms. The first kappa shape index (κ1) is 9.38. The molecule has 0 aliphatic carbocycles. The molecule has 0 radical (unpaired) electrons. The van der Waals surface area contributed by atoms with Crippen LogP contribution in [-0.2, 0) is 19.6 Å². The summed E-state index contributed by atoms with van der Waals surface area (Å²) >= 11 is 4.62. The summed E-state index contributed by atoms with van der Waals surface area (Å²) in [7, 11) is -2.60. The maximum atomic E-state index is 10.3. The lowest BCUT2D eigenvalue weighted by molar-refractivity contribution is -0.134. The van der Waals surface area contributed by atoms with E-state index in [1.54, 1.807) is 0 Å². The van der Waals surface area contributed by atoms with Gasteiger partial charge in [-0.1, -0.05) is 0 Å². The summed E-state index contributed by atoms with van der Waals surface area (Å²) in [5.41, 5.74) is 0. The zero-order valence-corrected chi connectivity index (χ0v) is 6.52. The molecule has 0 aliphatic rings. The first-order chi connectivity index (χ1) is 4.57. The van der Waals surface area contributed by atoms with Gasteiger partial charge in [-0.2, -0.15) is 12.8 Å². The summed E-state index contributed by atoms with van der Waals surface area (Å²) in [6.45, 7) is 1.25. The number of carbonyl (C=O) groups excluding carboxylic acids is 1. The standard InChI is InChI=1S/C3H4ClNO4S/c1-2(3(6)9-4)5-10(7)8/h2H,1H3/t2-/m0/s1. The zero-order valence-electron chi connectivity index (χ0n) is 4.94. The first-order valence-corrected chi connectivity index (χ1v) is 3.54. The monoisotopic (exact) mass is 185 g/mol. The molecule has 0 rings (SSSR count). The molecule has 0 amide bonds. The second-order valence-electron chi connectivity index (χ2n) is 1.39. The fourth-order valence-electron chi connectivity index (χ4n) is 0.237. The maximum absolute atomic E-state index is 10.3. The van der Waals surface area contributed by atoms with Gasteiger partial charge in [0.15, 0.2) is 6.04 Å². The summed E-state index contributed by atoms with van der Waals surface area (Å²) in [6, 6.07) is -1.07. The first-order valence-electron chi connectivity index (χ1n) is 2.20. The minimum Gasteiger partial charge on any atom is -0.345 e. The number of nitrogens with zero attached hydrogens (tertiary/aromatic N) is 1. The molecule has 58 valence electrons. The molecule has 0 saturated heterocycles. The van der Waals surface area contributed by atoms with Gasteiger partial charge in [0.25, 0.3) is 0 Å². The van der Waals surface area contributed by atoms with E-state index in [4.69, 9.17) is 0 Å². The van der Waals surface area contributed by atoms with Gasteiger partial charge in [0, 0.05) is 0 Å². The molecule has 0 saturated carbocycles. The summed E-state index contributed by atoms with van der Waals surface area (Å²) in [5, 5.41) is 0. The van der Waals surface area contributed by atoms with Crippen LogP contribution in [0.4, 0.5) is 0 Å². The number of halogens is 1. The Hall–Kier alpha value is -0.620. The van der Waals surface area contributed by atoms with Gasteiger partial charge in [-0.3, -0.25) is 0 Å². The average Bonchev–Trinajstić information content (AvgIpc) is 1.85. The van der Waals surface area contributed by atoms with Crippen LogP contribution < -0.4 is 0 Å². The van der Waals surface area contributed by atoms with E-state index in [0.29, 0.717) is 0 Å². The molecule has 0 spiro atoms. The highest BCUT2D eigenvalue weighted by Crippen LogP contribution is 1.94. The van der Waals surface area contributed by atoms with Crippen LogP contribution >= 0.6 is 11.9 Å². The Morgan fingerprint density at radius 1 is 1.70 bits per heavy atom. The van der Waals surface area contributed by atoms with Crippen molar-refractivity contribution in [1.29, 1.82) is 0 Å². The lowest BCUT2D eigenvalue weighted by atomic mass is 10.4. The predicted molar refractivity (Wildman–Crippen MR) is 32.8 cm³/mol.